The van der Waals surface area contributed by atoms with Crippen molar-refractivity contribution in [2.24, 2.45) is 23.2 Å². The third-order valence-electron chi connectivity index (χ3n) is 4.32. The monoisotopic (exact) mass is 339 g/mol. The highest BCUT2D eigenvalue weighted by molar-refractivity contribution is 5.88. The minimum absolute atomic E-state index is 0.208. The molecule has 2 unspecified atom stereocenters. The molecule has 2 atom stereocenters. The summed E-state index contributed by atoms with van der Waals surface area (Å²) in [7, 11) is 0. The highest BCUT2D eigenvalue weighted by Crippen LogP contribution is 2.42. The highest BCUT2D eigenvalue weighted by Gasteiger charge is 2.55. The van der Waals surface area contributed by atoms with E-state index in [1.807, 2.05) is 27.7 Å². The lowest BCUT2D eigenvalue weighted by Crippen LogP contribution is -2.49. The zero-order chi connectivity index (χ0) is 18.8. The number of ether oxygens (including phenoxy) is 2. The molecule has 0 heterocycles. The summed E-state index contributed by atoms with van der Waals surface area (Å²) in [5.74, 6) is -2.50. The first-order valence-electron chi connectivity index (χ1n) is 9.04. The molecule has 138 valence electrons. The third kappa shape index (κ3) is 5.51. The summed E-state index contributed by atoms with van der Waals surface area (Å²) in [6.07, 6.45) is 3.30. The number of nitrogens with zero attached hydrogens (tertiary/aromatic N) is 1. The molecule has 5 heteroatoms. The van der Waals surface area contributed by atoms with Gasteiger partial charge in [0.05, 0.1) is 25.2 Å². The van der Waals surface area contributed by atoms with Gasteiger partial charge in [-0.1, -0.05) is 54.4 Å². The Hall–Kier alpha value is -1.57. The van der Waals surface area contributed by atoms with E-state index < -0.39 is 23.3 Å². The molecule has 0 spiro atoms. The molecule has 0 N–H and O–H groups in total. The van der Waals surface area contributed by atoms with Gasteiger partial charge in [-0.05, 0) is 24.7 Å². The molecule has 5 nitrogen and oxygen atoms in total. The van der Waals surface area contributed by atoms with Crippen LogP contribution in [0.3, 0.4) is 0 Å². The minimum Gasteiger partial charge on any atom is -0.465 e. The number of nitriles is 1. The lowest BCUT2D eigenvalue weighted by molar-refractivity contribution is -0.171. The van der Waals surface area contributed by atoms with Crippen molar-refractivity contribution >= 4 is 11.9 Å². The van der Waals surface area contributed by atoms with Crippen LogP contribution in [0.2, 0.25) is 0 Å². The molecule has 0 aliphatic rings. The smallest absolute Gasteiger partial charge is 0.327 e. The third-order valence-corrected chi connectivity index (χ3v) is 4.32. The zero-order valence-corrected chi connectivity index (χ0v) is 16.1. The van der Waals surface area contributed by atoms with Crippen molar-refractivity contribution in [1.29, 1.82) is 5.26 Å². The molecule has 0 radical (unpaired) electrons. The van der Waals surface area contributed by atoms with Crippen LogP contribution >= 0.6 is 0 Å². The molecule has 0 aliphatic carbocycles. The number of hydrogen-bond acceptors (Lipinski definition) is 5. The van der Waals surface area contributed by atoms with E-state index in [-0.39, 0.29) is 18.4 Å². The van der Waals surface area contributed by atoms with Crippen LogP contribution < -0.4 is 0 Å². The van der Waals surface area contributed by atoms with Crippen LogP contribution in [0, 0.1) is 34.5 Å². The number of rotatable bonds is 11. The van der Waals surface area contributed by atoms with E-state index >= 15 is 0 Å². The number of carbonyl (C=O) groups is 2. The van der Waals surface area contributed by atoms with Crippen LogP contribution in [0.4, 0.5) is 0 Å². The second kappa shape index (κ2) is 11.1. The standard InChI is InChI=1S/C19H33NO4/c1-7-9-11-23-17(21)16(14(3)4)19(13-20,15(5)6)18(22)24-12-10-8-2/h14-16H,7-12H2,1-6H3. The normalized spacial score (nSPS) is 14.8. The summed E-state index contributed by atoms with van der Waals surface area (Å²) >= 11 is 0. The fraction of sp³-hybridized carbons (Fsp3) is 0.842. The molecule has 0 saturated heterocycles. The van der Waals surface area contributed by atoms with E-state index in [1.54, 1.807) is 13.8 Å². The highest BCUT2D eigenvalue weighted by atomic mass is 16.5. The van der Waals surface area contributed by atoms with Crippen LogP contribution in [0.5, 0.6) is 0 Å². The maximum atomic E-state index is 12.7. The maximum Gasteiger partial charge on any atom is 0.327 e. The van der Waals surface area contributed by atoms with Gasteiger partial charge in [0, 0.05) is 0 Å². The Kier molecular flexibility index (Phi) is 10.3. The van der Waals surface area contributed by atoms with Gasteiger partial charge in [-0.15, -0.1) is 0 Å². The fourth-order valence-electron chi connectivity index (χ4n) is 2.79. The Balaban J connectivity index is 5.58. The van der Waals surface area contributed by atoms with Crippen molar-refractivity contribution in [3.8, 4) is 6.07 Å². The first-order valence-corrected chi connectivity index (χ1v) is 9.04. The number of unbranched alkanes of at least 4 members (excludes halogenated alkanes) is 2. The Morgan fingerprint density at radius 3 is 1.88 bits per heavy atom. The van der Waals surface area contributed by atoms with Crippen molar-refractivity contribution < 1.29 is 19.1 Å². The second-order valence-electron chi connectivity index (χ2n) is 6.87. The fourth-order valence-corrected chi connectivity index (χ4v) is 2.79. The largest absolute Gasteiger partial charge is 0.465 e. The topological polar surface area (TPSA) is 76.4 Å². The first kappa shape index (κ1) is 22.4. The summed E-state index contributed by atoms with van der Waals surface area (Å²) in [5.41, 5.74) is -1.52. The van der Waals surface area contributed by atoms with Gasteiger partial charge in [0.1, 0.15) is 0 Å². The second-order valence-corrected chi connectivity index (χ2v) is 6.87. The average Bonchev–Trinajstić information content (AvgIpc) is 2.51. The van der Waals surface area contributed by atoms with E-state index in [9.17, 15) is 14.9 Å². The summed E-state index contributed by atoms with van der Waals surface area (Å²) < 4.78 is 10.7. The molecule has 0 bridgehead atoms. The Labute approximate surface area is 146 Å². The summed E-state index contributed by atoms with van der Waals surface area (Å²) in [6, 6.07) is 2.12. The van der Waals surface area contributed by atoms with Crippen molar-refractivity contribution in [2.75, 3.05) is 13.2 Å². The summed E-state index contributed by atoms with van der Waals surface area (Å²) in [4.78, 5) is 25.4. The molecule has 0 rings (SSSR count). The van der Waals surface area contributed by atoms with Gasteiger partial charge >= 0.3 is 11.9 Å². The predicted molar refractivity (Wildman–Crippen MR) is 92.9 cm³/mol. The molecule has 0 aromatic carbocycles. The van der Waals surface area contributed by atoms with Gasteiger partial charge in [-0.2, -0.15) is 5.26 Å². The van der Waals surface area contributed by atoms with Gasteiger partial charge < -0.3 is 9.47 Å². The minimum atomic E-state index is -1.52. The number of esters is 2. The van der Waals surface area contributed by atoms with Gasteiger partial charge in [0.2, 0.25) is 0 Å². The first-order chi connectivity index (χ1) is 11.3. The molecule has 0 aromatic rings. The molecule has 0 saturated carbocycles. The average molecular weight is 339 g/mol. The van der Waals surface area contributed by atoms with Gasteiger partial charge in [0.15, 0.2) is 5.41 Å². The van der Waals surface area contributed by atoms with Crippen molar-refractivity contribution in [2.45, 2.75) is 67.2 Å². The molecule has 0 aromatic heterocycles. The molecule has 0 fully saturated rings. The number of carbonyl (C=O) groups excluding carboxylic acids is 2. The van der Waals surface area contributed by atoms with Crippen LogP contribution in [-0.2, 0) is 19.1 Å². The van der Waals surface area contributed by atoms with Crippen LogP contribution in [0.15, 0.2) is 0 Å². The molecule has 0 aliphatic heterocycles. The Bertz CT molecular complexity index is 439. The predicted octanol–water partition coefficient (Wildman–Crippen LogP) is 4.11. The van der Waals surface area contributed by atoms with E-state index in [0.717, 1.165) is 25.7 Å². The van der Waals surface area contributed by atoms with Crippen molar-refractivity contribution in [3.63, 3.8) is 0 Å². The summed E-state index contributed by atoms with van der Waals surface area (Å²) in [6.45, 7) is 11.8. The van der Waals surface area contributed by atoms with Gasteiger partial charge in [0.25, 0.3) is 0 Å². The SMILES string of the molecule is CCCCOC(=O)C(C(C)C)C(C#N)(C(=O)OCCCC)C(C)C. The molecular weight excluding hydrogens is 306 g/mol. The van der Waals surface area contributed by atoms with E-state index in [2.05, 4.69) is 6.07 Å². The van der Waals surface area contributed by atoms with Crippen LogP contribution in [-0.4, -0.2) is 25.2 Å². The maximum absolute atomic E-state index is 12.7. The lowest BCUT2D eigenvalue weighted by atomic mass is 9.64. The molecule has 0 amide bonds. The van der Waals surface area contributed by atoms with E-state index in [4.69, 9.17) is 9.47 Å². The van der Waals surface area contributed by atoms with Crippen LogP contribution in [0.25, 0.3) is 0 Å². The Morgan fingerprint density at radius 1 is 1.00 bits per heavy atom. The molecular formula is C19H33NO4. The van der Waals surface area contributed by atoms with E-state index in [1.165, 1.54) is 0 Å². The quantitative estimate of drug-likeness (QED) is 0.418. The van der Waals surface area contributed by atoms with Crippen molar-refractivity contribution in [3.05, 3.63) is 0 Å². The van der Waals surface area contributed by atoms with Crippen LogP contribution in [0.1, 0.15) is 67.2 Å². The lowest BCUT2D eigenvalue weighted by Gasteiger charge is -2.36. The molecule has 24 heavy (non-hydrogen) atoms. The Morgan fingerprint density at radius 2 is 1.50 bits per heavy atom. The summed E-state index contributed by atoms with van der Waals surface area (Å²) in [5, 5.41) is 9.86. The zero-order valence-electron chi connectivity index (χ0n) is 16.1. The van der Waals surface area contributed by atoms with Gasteiger partial charge in [-0.25, -0.2) is 0 Å². The van der Waals surface area contributed by atoms with Crippen molar-refractivity contribution in [1.82, 2.24) is 0 Å². The van der Waals surface area contributed by atoms with E-state index in [0.29, 0.717) is 6.61 Å². The number of hydrogen-bond donors (Lipinski definition) is 0. The van der Waals surface area contributed by atoms with Gasteiger partial charge in [-0.3, -0.25) is 9.59 Å².